The van der Waals surface area contributed by atoms with Crippen molar-refractivity contribution in [3.05, 3.63) is 106 Å². The summed E-state index contributed by atoms with van der Waals surface area (Å²) < 4.78 is 16.6. The Morgan fingerprint density at radius 1 is 0.361 bits per heavy atom. The van der Waals surface area contributed by atoms with Crippen molar-refractivity contribution in [3.8, 4) is 0 Å². The molecule has 0 heterocycles. The third-order valence-corrected chi connectivity index (χ3v) is 12.0. The van der Waals surface area contributed by atoms with Gasteiger partial charge in [-0.05, 0) is 158 Å². The minimum Gasteiger partial charge on any atom is -0.428 e. The highest BCUT2D eigenvalue weighted by molar-refractivity contribution is 5.90. The Labute approximate surface area is 354 Å². The van der Waals surface area contributed by atoms with Crippen molar-refractivity contribution in [2.75, 3.05) is 0 Å². The topological polar surface area (TPSA) is 185 Å². The number of benzene rings is 3. The van der Waals surface area contributed by atoms with Crippen LogP contribution in [0.1, 0.15) is 125 Å². The molecule has 3 aromatic carbocycles. The molecule has 0 amide bonds. The number of carbonyl (C=O) groups excluding carboxylic acids is 6. The minimum absolute atomic E-state index is 0.241. The summed E-state index contributed by atoms with van der Waals surface area (Å²) in [5.41, 5.74) is 3.62. The van der Waals surface area contributed by atoms with Crippen LogP contribution >= 0.6 is 0 Å². The molecule has 0 saturated heterocycles. The Morgan fingerprint density at radius 3 is 0.820 bits per heavy atom. The fourth-order valence-electron chi connectivity index (χ4n) is 8.82. The number of hydrogen-bond donors (Lipinski definition) is 0. The molecule has 326 valence electrons. The Balaban J connectivity index is 0.991. The molecule has 15 nitrogen and oxygen atoms in total. The summed E-state index contributed by atoms with van der Waals surface area (Å²) in [6.07, 6.45) is 3.84. The number of hydrogen-bond acceptors (Lipinski definition) is 15. The summed E-state index contributed by atoms with van der Waals surface area (Å²) >= 11 is 0. The van der Waals surface area contributed by atoms with Crippen molar-refractivity contribution >= 4 is 36.4 Å². The van der Waals surface area contributed by atoms with E-state index >= 15 is 0 Å². The maximum absolute atomic E-state index is 12.5. The maximum Gasteiger partial charge on any atom is 0.550 e. The van der Waals surface area contributed by atoms with E-state index in [1.165, 1.54) is 0 Å². The van der Waals surface area contributed by atoms with E-state index in [9.17, 15) is 28.8 Å². The molecule has 0 bridgehead atoms. The SMILES string of the molecule is Cc1ccc(C(=O)OOC(=O)OC2CCC(C(C3CCC(OC(=O)OOC(=O)c4ccc(C)cc4)CC3)C3CCC(OC(=O)OOC(=O)c4ccc(C)cc4)CC3)CC2)cc1. The molecule has 3 saturated carbocycles. The highest BCUT2D eigenvalue weighted by Gasteiger charge is 2.42. The number of aryl methyl sites for hydroxylation is 3. The lowest BCUT2D eigenvalue weighted by Crippen LogP contribution is -2.39. The van der Waals surface area contributed by atoms with Crippen LogP contribution in [0.5, 0.6) is 0 Å². The van der Waals surface area contributed by atoms with Crippen molar-refractivity contribution in [1.29, 1.82) is 0 Å². The smallest absolute Gasteiger partial charge is 0.428 e. The highest BCUT2D eigenvalue weighted by Crippen LogP contribution is 2.48. The molecule has 3 aliphatic rings. The van der Waals surface area contributed by atoms with Crippen molar-refractivity contribution < 1.29 is 72.3 Å². The van der Waals surface area contributed by atoms with Crippen LogP contribution in [0.4, 0.5) is 14.4 Å². The second-order valence-corrected chi connectivity index (χ2v) is 16.3. The van der Waals surface area contributed by atoms with Crippen LogP contribution in [0.25, 0.3) is 0 Å². The van der Waals surface area contributed by atoms with Gasteiger partial charge in [-0.3, -0.25) is 0 Å². The summed E-state index contributed by atoms with van der Waals surface area (Å²) in [5, 5.41) is 0. The zero-order valence-electron chi connectivity index (χ0n) is 34.6. The second kappa shape index (κ2) is 21.4. The van der Waals surface area contributed by atoms with Gasteiger partial charge in [0.1, 0.15) is 18.3 Å². The van der Waals surface area contributed by atoms with Crippen molar-refractivity contribution in [2.24, 2.45) is 23.7 Å². The van der Waals surface area contributed by atoms with E-state index in [2.05, 4.69) is 14.7 Å². The lowest BCUT2D eigenvalue weighted by molar-refractivity contribution is -0.209. The normalized spacial score (nSPS) is 22.9. The fourth-order valence-corrected chi connectivity index (χ4v) is 8.82. The lowest BCUT2D eigenvalue weighted by atomic mass is 9.61. The number of ether oxygens (including phenoxy) is 3. The summed E-state index contributed by atoms with van der Waals surface area (Å²) in [6, 6.07) is 19.9. The first-order valence-electron chi connectivity index (χ1n) is 20.9. The van der Waals surface area contributed by atoms with Crippen LogP contribution in [-0.2, 0) is 43.5 Å². The molecule has 0 atom stereocenters. The Hall–Kier alpha value is -6.12. The van der Waals surface area contributed by atoms with E-state index in [-0.39, 0.29) is 22.6 Å². The molecule has 3 aromatic rings. The minimum atomic E-state index is -1.08. The monoisotopic (exact) mass is 844 g/mol. The molecule has 15 heteroatoms. The van der Waals surface area contributed by atoms with Gasteiger partial charge in [0.2, 0.25) is 0 Å². The van der Waals surface area contributed by atoms with E-state index in [1.807, 2.05) is 20.8 Å². The lowest BCUT2D eigenvalue weighted by Gasteiger charge is -2.45. The molecule has 61 heavy (non-hydrogen) atoms. The fraction of sp³-hybridized carbons (Fsp3) is 0.478. The summed E-state index contributed by atoms with van der Waals surface area (Å²) in [5.74, 6) is -1.22. The predicted molar refractivity (Wildman–Crippen MR) is 213 cm³/mol. The standard InChI is InChI=1S/C46H52O15/c1-28-4-10-34(11-5-28)41(47)56-59-44(50)53-37-22-16-31(17-23-37)40(32-18-24-38(25-19-32)54-45(51)60-57-42(48)35-12-6-29(2)7-13-35)33-20-26-39(27-21-33)55-46(52)61-58-43(49)36-14-8-30(3)9-15-36/h4-15,31-33,37-40H,16-27H2,1-3H3. The first kappa shape index (κ1) is 44.4. The second-order valence-electron chi connectivity index (χ2n) is 16.3. The van der Waals surface area contributed by atoms with Gasteiger partial charge in [0.05, 0.1) is 16.7 Å². The van der Waals surface area contributed by atoms with E-state index in [0.717, 1.165) is 55.2 Å². The molecule has 0 aromatic heterocycles. The van der Waals surface area contributed by atoms with Gasteiger partial charge >= 0.3 is 36.4 Å². The number of carbonyl (C=O) groups is 6. The maximum atomic E-state index is 12.5. The van der Waals surface area contributed by atoms with Crippen molar-refractivity contribution in [1.82, 2.24) is 0 Å². The van der Waals surface area contributed by atoms with Crippen LogP contribution in [0, 0.1) is 44.4 Å². The van der Waals surface area contributed by atoms with Crippen LogP contribution in [0.3, 0.4) is 0 Å². The Morgan fingerprint density at radius 2 is 0.590 bits per heavy atom. The van der Waals surface area contributed by atoms with Gasteiger partial charge in [-0.15, -0.1) is 0 Å². The zero-order valence-corrected chi connectivity index (χ0v) is 34.6. The molecule has 0 N–H and O–H groups in total. The molecule has 0 radical (unpaired) electrons. The first-order valence-corrected chi connectivity index (χ1v) is 20.9. The van der Waals surface area contributed by atoms with E-state index in [1.54, 1.807) is 72.8 Å². The Bertz CT molecular complexity index is 1730. The van der Waals surface area contributed by atoms with E-state index < -0.39 is 54.7 Å². The van der Waals surface area contributed by atoms with Crippen LogP contribution in [0.2, 0.25) is 0 Å². The summed E-state index contributed by atoms with van der Waals surface area (Å²) in [4.78, 5) is 102. The van der Waals surface area contributed by atoms with Crippen molar-refractivity contribution in [2.45, 2.75) is 116 Å². The summed E-state index contributed by atoms with van der Waals surface area (Å²) in [6.45, 7) is 5.65. The first-order chi connectivity index (χ1) is 29.4. The molecule has 3 aliphatic carbocycles. The molecule has 6 rings (SSSR count). The van der Waals surface area contributed by atoms with Crippen molar-refractivity contribution in [3.63, 3.8) is 0 Å². The molecule has 0 unspecified atom stereocenters. The average Bonchev–Trinajstić information content (AvgIpc) is 3.26. The average molecular weight is 845 g/mol. The molecular weight excluding hydrogens is 792 g/mol. The largest absolute Gasteiger partial charge is 0.550 e. The highest BCUT2D eigenvalue weighted by atomic mass is 17.2. The van der Waals surface area contributed by atoms with Gasteiger partial charge in [-0.2, -0.15) is 14.4 Å². The van der Waals surface area contributed by atoms with Gasteiger partial charge < -0.3 is 14.2 Å². The van der Waals surface area contributed by atoms with Crippen LogP contribution < -0.4 is 0 Å². The van der Waals surface area contributed by atoms with Gasteiger partial charge in [0.15, 0.2) is 0 Å². The third kappa shape index (κ3) is 13.2. The molecule has 0 aliphatic heterocycles. The quantitative estimate of drug-likeness (QED) is 0.0857. The van der Waals surface area contributed by atoms with Crippen LogP contribution in [0.15, 0.2) is 72.8 Å². The van der Waals surface area contributed by atoms with Gasteiger partial charge in [-0.1, -0.05) is 53.1 Å². The van der Waals surface area contributed by atoms with E-state index in [4.69, 9.17) is 28.9 Å². The van der Waals surface area contributed by atoms with E-state index in [0.29, 0.717) is 56.3 Å². The zero-order chi connectivity index (χ0) is 43.3. The predicted octanol–water partition coefficient (Wildman–Crippen LogP) is 9.98. The van der Waals surface area contributed by atoms with Crippen LogP contribution in [-0.4, -0.2) is 54.7 Å². The Kier molecular flexibility index (Phi) is 15.6. The number of rotatable bonds is 9. The summed E-state index contributed by atoms with van der Waals surface area (Å²) in [7, 11) is 0. The molecule has 0 spiro atoms. The van der Waals surface area contributed by atoms with Gasteiger partial charge in [0.25, 0.3) is 0 Å². The molecule has 3 fully saturated rings. The third-order valence-electron chi connectivity index (χ3n) is 12.0. The van der Waals surface area contributed by atoms with Gasteiger partial charge in [-0.25, -0.2) is 43.7 Å². The van der Waals surface area contributed by atoms with Gasteiger partial charge in [0, 0.05) is 0 Å². The molecular formula is C46H52O15.